The Balaban J connectivity index is 2.05. The first-order valence-corrected chi connectivity index (χ1v) is 8.09. The van der Waals surface area contributed by atoms with Gasteiger partial charge in [-0.2, -0.15) is 0 Å². The molecule has 0 aliphatic carbocycles. The fourth-order valence-electron chi connectivity index (χ4n) is 2.33. The van der Waals surface area contributed by atoms with Crippen LogP contribution in [-0.2, 0) is 21.2 Å². The summed E-state index contributed by atoms with van der Waals surface area (Å²) in [5.74, 6) is -1.69. The predicted molar refractivity (Wildman–Crippen MR) is 71.5 cm³/mol. The number of nitrogens with zero attached hydrogens (tertiary/aromatic N) is 3. The SMILES string of the molecule is Cc1c(C(=O)O)nnn1CC(=O)NC1(C)CCS(=O)(=O)C1. The number of nitrogens with one attached hydrogen (secondary N) is 1. The molecule has 2 N–H and O–H groups in total. The van der Waals surface area contributed by atoms with E-state index in [1.165, 1.54) is 11.6 Å². The molecule has 1 aromatic heterocycles. The van der Waals surface area contributed by atoms with Crippen molar-refractivity contribution in [2.45, 2.75) is 32.4 Å². The molecule has 1 aromatic rings. The highest BCUT2D eigenvalue weighted by Gasteiger charge is 2.39. The smallest absolute Gasteiger partial charge is 0.358 e. The normalized spacial score (nSPS) is 23.9. The van der Waals surface area contributed by atoms with Gasteiger partial charge in [0.2, 0.25) is 5.91 Å². The standard InChI is InChI=1S/C11H16N4O5S/c1-7-9(10(17)18)13-14-15(7)5-8(16)12-11(2)3-4-21(19,20)6-11/h3-6H2,1-2H3,(H,12,16)(H,17,18). The molecule has 1 saturated heterocycles. The Morgan fingerprint density at radius 1 is 1.48 bits per heavy atom. The van der Waals surface area contributed by atoms with Crippen LogP contribution in [0.2, 0.25) is 0 Å². The van der Waals surface area contributed by atoms with Crippen molar-refractivity contribution < 1.29 is 23.1 Å². The number of aromatic carboxylic acids is 1. The molecule has 1 unspecified atom stereocenters. The summed E-state index contributed by atoms with van der Waals surface area (Å²) in [6, 6.07) is 0. The van der Waals surface area contributed by atoms with Crippen LogP contribution in [0.4, 0.5) is 0 Å². The minimum atomic E-state index is -3.11. The summed E-state index contributed by atoms with van der Waals surface area (Å²) in [7, 11) is -3.11. The third kappa shape index (κ3) is 3.38. The summed E-state index contributed by atoms with van der Waals surface area (Å²) < 4.78 is 24.1. The first kappa shape index (κ1) is 15.4. The van der Waals surface area contributed by atoms with Crippen LogP contribution in [0.3, 0.4) is 0 Å². The Hall–Kier alpha value is -1.97. The van der Waals surface area contributed by atoms with E-state index < -0.39 is 27.3 Å². The van der Waals surface area contributed by atoms with E-state index in [0.29, 0.717) is 6.42 Å². The van der Waals surface area contributed by atoms with Crippen molar-refractivity contribution in [2.75, 3.05) is 11.5 Å². The van der Waals surface area contributed by atoms with Crippen LogP contribution in [0.15, 0.2) is 0 Å². The molecule has 9 nitrogen and oxygen atoms in total. The summed E-state index contributed by atoms with van der Waals surface area (Å²) in [5.41, 5.74) is -0.737. The van der Waals surface area contributed by atoms with Crippen molar-refractivity contribution >= 4 is 21.7 Å². The van der Waals surface area contributed by atoms with Crippen molar-refractivity contribution in [3.63, 3.8) is 0 Å². The van der Waals surface area contributed by atoms with Gasteiger partial charge in [0, 0.05) is 0 Å². The lowest BCUT2D eigenvalue weighted by molar-refractivity contribution is -0.123. The second-order valence-corrected chi connectivity index (χ2v) is 7.62. The van der Waals surface area contributed by atoms with Crippen LogP contribution in [0, 0.1) is 6.92 Å². The number of carbonyl (C=O) groups excluding carboxylic acids is 1. The van der Waals surface area contributed by atoms with Crippen molar-refractivity contribution in [1.82, 2.24) is 20.3 Å². The van der Waals surface area contributed by atoms with E-state index in [4.69, 9.17) is 5.11 Å². The van der Waals surface area contributed by atoms with Gasteiger partial charge in [-0.15, -0.1) is 5.10 Å². The molecule has 1 aliphatic heterocycles. The van der Waals surface area contributed by atoms with E-state index in [-0.39, 0.29) is 29.4 Å². The number of amides is 1. The Morgan fingerprint density at radius 3 is 2.62 bits per heavy atom. The molecule has 0 saturated carbocycles. The monoisotopic (exact) mass is 316 g/mol. The van der Waals surface area contributed by atoms with E-state index >= 15 is 0 Å². The van der Waals surface area contributed by atoms with Crippen LogP contribution < -0.4 is 5.32 Å². The Bertz CT molecular complexity index is 695. The molecule has 10 heteroatoms. The zero-order chi connectivity index (χ0) is 15.8. The summed E-state index contributed by atoms with van der Waals surface area (Å²) in [6.07, 6.45) is 0.359. The van der Waals surface area contributed by atoms with Gasteiger partial charge >= 0.3 is 5.97 Å². The van der Waals surface area contributed by atoms with Crippen molar-refractivity contribution in [1.29, 1.82) is 0 Å². The molecular formula is C11H16N4O5S. The number of rotatable bonds is 4. The first-order valence-electron chi connectivity index (χ1n) is 6.27. The van der Waals surface area contributed by atoms with Crippen LogP contribution in [0.5, 0.6) is 0 Å². The fraction of sp³-hybridized carbons (Fsp3) is 0.636. The number of aromatic nitrogens is 3. The fourth-order valence-corrected chi connectivity index (χ4v) is 4.42. The summed E-state index contributed by atoms with van der Waals surface area (Å²) >= 11 is 0. The molecule has 0 radical (unpaired) electrons. The van der Waals surface area contributed by atoms with Crippen molar-refractivity contribution in [2.24, 2.45) is 0 Å². The number of carboxylic acid groups (broad SMARTS) is 1. The highest BCUT2D eigenvalue weighted by Crippen LogP contribution is 2.22. The molecule has 0 bridgehead atoms. The zero-order valence-corrected chi connectivity index (χ0v) is 12.5. The van der Waals surface area contributed by atoms with E-state index in [1.807, 2.05) is 0 Å². The van der Waals surface area contributed by atoms with Crippen molar-refractivity contribution in [3.8, 4) is 0 Å². The number of hydrogen-bond acceptors (Lipinski definition) is 6. The van der Waals surface area contributed by atoms with E-state index in [1.54, 1.807) is 6.92 Å². The van der Waals surface area contributed by atoms with Gasteiger partial charge in [0.25, 0.3) is 0 Å². The maximum atomic E-state index is 12.0. The summed E-state index contributed by atoms with van der Waals surface area (Å²) in [5, 5.41) is 18.6. The minimum absolute atomic E-state index is 0.0509. The quantitative estimate of drug-likeness (QED) is 0.726. The van der Waals surface area contributed by atoms with E-state index in [9.17, 15) is 18.0 Å². The molecule has 1 amide bonds. The molecule has 1 aliphatic rings. The second-order valence-electron chi connectivity index (χ2n) is 5.44. The molecule has 2 heterocycles. The maximum absolute atomic E-state index is 12.0. The van der Waals surface area contributed by atoms with Crippen molar-refractivity contribution in [3.05, 3.63) is 11.4 Å². The topological polar surface area (TPSA) is 131 Å². The van der Waals surface area contributed by atoms with Gasteiger partial charge in [0.05, 0.1) is 22.7 Å². The lowest BCUT2D eigenvalue weighted by Crippen LogP contribution is -2.48. The summed E-state index contributed by atoms with van der Waals surface area (Å²) in [4.78, 5) is 22.8. The molecule has 0 spiro atoms. The average Bonchev–Trinajstić information content (AvgIpc) is 2.80. The minimum Gasteiger partial charge on any atom is -0.476 e. The van der Waals surface area contributed by atoms with Crippen LogP contribution in [-0.4, -0.2) is 57.4 Å². The molecule has 2 rings (SSSR count). The van der Waals surface area contributed by atoms with Crippen LogP contribution >= 0.6 is 0 Å². The number of carbonyl (C=O) groups is 2. The van der Waals surface area contributed by atoms with Gasteiger partial charge < -0.3 is 10.4 Å². The van der Waals surface area contributed by atoms with Gasteiger partial charge in [-0.3, -0.25) is 4.79 Å². The van der Waals surface area contributed by atoms with Crippen LogP contribution in [0.1, 0.15) is 29.5 Å². The summed E-state index contributed by atoms with van der Waals surface area (Å²) in [6.45, 7) is 2.96. The van der Waals surface area contributed by atoms with Gasteiger partial charge in [-0.25, -0.2) is 17.9 Å². The third-order valence-electron chi connectivity index (χ3n) is 3.42. The number of hydrogen-bond donors (Lipinski definition) is 2. The van der Waals surface area contributed by atoms with Gasteiger partial charge in [0.15, 0.2) is 15.5 Å². The predicted octanol–water partition coefficient (Wildman–Crippen LogP) is -1.02. The lowest BCUT2D eigenvalue weighted by Gasteiger charge is -2.23. The largest absolute Gasteiger partial charge is 0.476 e. The van der Waals surface area contributed by atoms with Gasteiger partial charge in [-0.1, -0.05) is 5.21 Å². The lowest BCUT2D eigenvalue weighted by atomic mass is 10.0. The molecule has 1 fully saturated rings. The number of sulfone groups is 1. The Labute approximate surface area is 121 Å². The van der Waals surface area contributed by atoms with Gasteiger partial charge in [-0.05, 0) is 20.3 Å². The van der Waals surface area contributed by atoms with E-state index in [2.05, 4.69) is 15.6 Å². The Kier molecular flexibility index (Phi) is 3.74. The highest BCUT2D eigenvalue weighted by atomic mass is 32.2. The molecular weight excluding hydrogens is 300 g/mol. The maximum Gasteiger partial charge on any atom is 0.358 e. The Morgan fingerprint density at radius 2 is 2.14 bits per heavy atom. The molecule has 1 atom stereocenters. The van der Waals surface area contributed by atoms with Crippen LogP contribution in [0.25, 0.3) is 0 Å². The second kappa shape index (κ2) is 5.10. The zero-order valence-electron chi connectivity index (χ0n) is 11.7. The molecule has 21 heavy (non-hydrogen) atoms. The highest BCUT2D eigenvalue weighted by molar-refractivity contribution is 7.91. The third-order valence-corrected chi connectivity index (χ3v) is 5.33. The van der Waals surface area contributed by atoms with E-state index in [0.717, 1.165) is 0 Å². The molecule has 116 valence electrons. The average molecular weight is 316 g/mol. The first-order chi connectivity index (χ1) is 9.62. The molecule has 0 aromatic carbocycles. The number of carboxylic acids is 1. The van der Waals surface area contributed by atoms with Gasteiger partial charge in [0.1, 0.15) is 6.54 Å².